The lowest BCUT2D eigenvalue weighted by atomic mass is 10.0. The molecule has 4 nitrogen and oxygen atoms in total. The third-order valence-corrected chi connectivity index (χ3v) is 2.27. The van der Waals surface area contributed by atoms with E-state index in [-0.39, 0.29) is 29.9 Å². The Kier molecular flexibility index (Phi) is 3.71. The second kappa shape index (κ2) is 4.83. The maximum atomic E-state index is 13.7. The minimum absolute atomic E-state index is 0.0681. The molecule has 2 N–H and O–H groups in total. The molecule has 1 aromatic rings. The molecule has 0 amide bonds. The van der Waals surface area contributed by atoms with Gasteiger partial charge in [0.1, 0.15) is 0 Å². The van der Waals surface area contributed by atoms with Gasteiger partial charge in [-0.15, -0.1) is 0 Å². The van der Waals surface area contributed by atoms with Crippen LogP contribution in [0.2, 0.25) is 0 Å². The van der Waals surface area contributed by atoms with Crippen LogP contribution in [0.4, 0.5) is 4.39 Å². The highest BCUT2D eigenvalue weighted by atomic mass is 19.1. The lowest BCUT2D eigenvalue weighted by Crippen LogP contribution is -2.02. The first-order chi connectivity index (χ1) is 7.47. The van der Waals surface area contributed by atoms with Gasteiger partial charge in [0.15, 0.2) is 17.3 Å². The van der Waals surface area contributed by atoms with E-state index in [0.717, 1.165) is 0 Å². The summed E-state index contributed by atoms with van der Waals surface area (Å²) in [4.78, 5) is 10.4. The zero-order valence-electron chi connectivity index (χ0n) is 9.08. The van der Waals surface area contributed by atoms with E-state index in [1.807, 2.05) is 0 Å². The number of methoxy groups -OCH3 is 1. The van der Waals surface area contributed by atoms with Crippen molar-refractivity contribution in [2.75, 3.05) is 7.11 Å². The van der Waals surface area contributed by atoms with Crippen molar-refractivity contribution in [3.05, 3.63) is 23.0 Å². The number of ether oxygens (including phenoxy) is 1. The van der Waals surface area contributed by atoms with Crippen LogP contribution in [0.1, 0.15) is 17.5 Å². The summed E-state index contributed by atoms with van der Waals surface area (Å²) in [7, 11) is 1.25. The zero-order chi connectivity index (χ0) is 12.3. The first-order valence-electron chi connectivity index (χ1n) is 4.74. The molecule has 1 aromatic carbocycles. The molecule has 5 heteroatoms. The van der Waals surface area contributed by atoms with Gasteiger partial charge in [-0.3, -0.25) is 4.79 Å². The van der Waals surface area contributed by atoms with Crippen molar-refractivity contribution in [2.24, 2.45) is 0 Å². The SMILES string of the molecule is COc1c(O)c(C)cc(CCC(=O)O)c1F. The molecular formula is C11H13FO4. The molecule has 88 valence electrons. The highest BCUT2D eigenvalue weighted by Gasteiger charge is 2.16. The van der Waals surface area contributed by atoms with E-state index in [0.29, 0.717) is 5.56 Å². The van der Waals surface area contributed by atoms with Gasteiger partial charge in [0, 0.05) is 6.42 Å². The third kappa shape index (κ3) is 2.42. The maximum Gasteiger partial charge on any atom is 0.303 e. The number of carbonyl (C=O) groups is 1. The van der Waals surface area contributed by atoms with Gasteiger partial charge in [-0.25, -0.2) is 4.39 Å². The number of phenols is 1. The van der Waals surface area contributed by atoms with Crippen molar-refractivity contribution < 1.29 is 24.1 Å². The van der Waals surface area contributed by atoms with Crippen LogP contribution in [0, 0.1) is 12.7 Å². The summed E-state index contributed by atoms with van der Waals surface area (Å²) in [5, 5.41) is 18.0. The minimum atomic E-state index is -0.996. The van der Waals surface area contributed by atoms with E-state index < -0.39 is 11.8 Å². The molecule has 0 unspecified atom stereocenters. The van der Waals surface area contributed by atoms with Gasteiger partial charge >= 0.3 is 5.97 Å². The van der Waals surface area contributed by atoms with E-state index in [4.69, 9.17) is 9.84 Å². The third-order valence-electron chi connectivity index (χ3n) is 2.27. The van der Waals surface area contributed by atoms with Crippen LogP contribution in [0.5, 0.6) is 11.5 Å². The van der Waals surface area contributed by atoms with E-state index in [1.54, 1.807) is 6.92 Å². The summed E-state index contributed by atoms with van der Waals surface area (Å²) in [5.74, 6) is -2.18. The Bertz CT molecular complexity index is 415. The van der Waals surface area contributed by atoms with Crippen LogP contribution in [-0.2, 0) is 11.2 Å². The molecule has 0 aliphatic heterocycles. The van der Waals surface area contributed by atoms with Crippen molar-refractivity contribution in [2.45, 2.75) is 19.8 Å². The van der Waals surface area contributed by atoms with Crippen molar-refractivity contribution in [3.63, 3.8) is 0 Å². The molecular weight excluding hydrogens is 215 g/mol. The predicted octanol–water partition coefficient (Wildman–Crippen LogP) is 1.87. The predicted molar refractivity (Wildman–Crippen MR) is 55.3 cm³/mol. The molecule has 0 spiro atoms. The van der Waals surface area contributed by atoms with Crippen LogP contribution in [0.15, 0.2) is 6.07 Å². The average Bonchev–Trinajstić information content (AvgIpc) is 2.22. The molecule has 0 saturated heterocycles. The lowest BCUT2D eigenvalue weighted by molar-refractivity contribution is -0.136. The Hall–Kier alpha value is -1.78. The van der Waals surface area contributed by atoms with Gasteiger partial charge in [0.25, 0.3) is 0 Å². The number of aryl methyl sites for hydroxylation is 2. The molecule has 0 aliphatic carbocycles. The molecule has 0 atom stereocenters. The van der Waals surface area contributed by atoms with Gasteiger partial charge < -0.3 is 14.9 Å². The Balaban J connectivity index is 3.10. The van der Waals surface area contributed by atoms with Crippen LogP contribution < -0.4 is 4.74 Å². The quantitative estimate of drug-likeness (QED) is 0.825. The summed E-state index contributed by atoms with van der Waals surface area (Å²) in [6.45, 7) is 1.60. The van der Waals surface area contributed by atoms with Gasteiger partial charge in [-0.2, -0.15) is 0 Å². The first kappa shape index (κ1) is 12.3. The summed E-state index contributed by atoms with van der Waals surface area (Å²) < 4.78 is 18.4. The normalized spacial score (nSPS) is 10.2. The van der Waals surface area contributed by atoms with E-state index in [1.165, 1.54) is 13.2 Å². The fraction of sp³-hybridized carbons (Fsp3) is 0.364. The van der Waals surface area contributed by atoms with Crippen molar-refractivity contribution in [3.8, 4) is 11.5 Å². The van der Waals surface area contributed by atoms with Gasteiger partial charge in [-0.05, 0) is 30.5 Å². The molecule has 1 rings (SSSR count). The Morgan fingerprint density at radius 3 is 2.69 bits per heavy atom. The lowest BCUT2D eigenvalue weighted by Gasteiger charge is -2.11. The molecule has 0 radical (unpaired) electrons. The fourth-order valence-corrected chi connectivity index (χ4v) is 1.43. The van der Waals surface area contributed by atoms with E-state index in [2.05, 4.69) is 0 Å². The number of hydrogen-bond donors (Lipinski definition) is 2. The van der Waals surface area contributed by atoms with E-state index >= 15 is 0 Å². The monoisotopic (exact) mass is 228 g/mol. The molecule has 0 aliphatic rings. The number of carboxylic acid groups (broad SMARTS) is 1. The number of rotatable bonds is 4. The summed E-state index contributed by atoms with van der Waals surface area (Å²) >= 11 is 0. The molecule has 0 heterocycles. The number of hydrogen-bond acceptors (Lipinski definition) is 3. The standard InChI is InChI=1S/C11H13FO4/c1-6-5-7(3-4-8(13)14)9(12)11(16-2)10(6)15/h5,15H,3-4H2,1-2H3,(H,13,14). The van der Waals surface area contributed by atoms with Crippen molar-refractivity contribution >= 4 is 5.97 Å². The molecule has 0 fully saturated rings. The van der Waals surface area contributed by atoms with Crippen LogP contribution >= 0.6 is 0 Å². The summed E-state index contributed by atoms with van der Waals surface area (Å²) in [5.41, 5.74) is 0.688. The molecule has 16 heavy (non-hydrogen) atoms. The topological polar surface area (TPSA) is 66.8 Å². The highest BCUT2D eigenvalue weighted by molar-refractivity contribution is 5.67. The first-order valence-corrected chi connectivity index (χ1v) is 4.74. The van der Waals surface area contributed by atoms with Gasteiger partial charge in [0.2, 0.25) is 0 Å². The number of carboxylic acids is 1. The second-order valence-corrected chi connectivity index (χ2v) is 3.44. The van der Waals surface area contributed by atoms with Crippen LogP contribution in [-0.4, -0.2) is 23.3 Å². The average molecular weight is 228 g/mol. The number of phenolic OH excluding ortho intramolecular Hbond substituents is 1. The summed E-state index contributed by atoms with van der Waals surface area (Å²) in [6, 6.07) is 1.43. The minimum Gasteiger partial charge on any atom is -0.504 e. The number of benzene rings is 1. The Morgan fingerprint density at radius 2 is 2.19 bits per heavy atom. The smallest absolute Gasteiger partial charge is 0.303 e. The molecule has 0 aromatic heterocycles. The second-order valence-electron chi connectivity index (χ2n) is 3.44. The highest BCUT2D eigenvalue weighted by Crippen LogP contribution is 2.34. The number of aromatic hydroxyl groups is 1. The number of aliphatic carboxylic acids is 1. The summed E-state index contributed by atoms with van der Waals surface area (Å²) in [6.07, 6.45) is -0.0943. The van der Waals surface area contributed by atoms with Crippen LogP contribution in [0.3, 0.4) is 0 Å². The van der Waals surface area contributed by atoms with E-state index in [9.17, 15) is 14.3 Å². The Morgan fingerprint density at radius 1 is 1.56 bits per heavy atom. The zero-order valence-corrected chi connectivity index (χ0v) is 9.08. The largest absolute Gasteiger partial charge is 0.504 e. The van der Waals surface area contributed by atoms with Crippen molar-refractivity contribution in [1.29, 1.82) is 0 Å². The number of halogens is 1. The maximum absolute atomic E-state index is 13.7. The van der Waals surface area contributed by atoms with Gasteiger partial charge in [0.05, 0.1) is 7.11 Å². The van der Waals surface area contributed by atoms with Gasteiger partial charge in [-0.1, -0.05) is 0 Å². The fourth-order valence-electron chi connectivity index (χ4n) is 1.43. The van der Waals surface area contributed by atoms with Crippen molar-refractivity contribution in [1.82, 2.24) is 0 Å². The van der Waals surface area contributed by atoms with Crippen LogP contribution in [0.25, 0.3) is 0 Å². The molecule has 0 saturated carbocycles. The molecule has 0 bridgehead atoms. The Labute approximate surface area is 92.3 Å².